The van der Waals surface area contributed by atoms with Gasteiger partial charge in [0.05, 0.1) is 15.2 Å². The van der Waals surface area contributed by atoms with E-state index in [4.69, 9.17) is 21.3 Å². The van der Waals surface area contributed by atoms with Gasteiger partial charge in [-0.05, 0) is 34.6 Å². The number of rotatable bonds is 2. The Morgan fingerprint density at radius 3 is 2.80 bits per heavy atom. The molecule has 0 saturated carbocycles. The predicted molar refractivity (Wildman–Crippen MR) is 87.6 cm³/mol. The molecule has 0 aliphatic carbocycles. The molecule has 0 saturated heterocycles. The Labute approximate surface area is 136 Å². The Morgan fingerprint density at radius 1 is 1.30 bits per heavy atom. The average Bonchev–Trinajstić information content (AvgIpc) is 2.85. The summed E-state index contributed by atoms with van der Waals surface area (Å²) < 4.78 is 6.65. The SMILES string of the molecule is CC(C)c1nc(C2COc3ccccc32)nc(Cl)c1I. The van der Waals surface area contributed by atoms with Crippen molar-refractivity contribution in [2.45, 2.75) is 25.7 Å². The number of ether oxygens (including phenoxy) is 1. The molecule has 3 rings (SSSR count). The standard InChI is InChI=1S/C15H14ClIN2O/c1-8(2)13-12(17)14(16)19-15(18-13)10-7-20-11-6-4-3-5-9(10)11/h3-6,8,10H,7H2,1-2H3. The van der Waals surface area contributed by atoms with Gasteiger partial charge in [-0.3, -0.25) is 0 Å². The lowest BCUT2D eigenvalue weighted by Crippen LogP contribution is -2.12. The topological polar surface area (TPSA) is 35.0 Å². The third-order valence-corrected chi connectivity index (χ3v) is 5.07. The average molecular weight is 401 g/mol. The number of para-hydroxylation sites is 1. The summed E-state index contributed by atoms with van der Waals surface area (Å²) in [5.74, 6) is 2.06. The molecule has 0 amide bonds. The Kier molecular flexibility index (Phi) is 3.86. The van der Waals surface area contributed by atoms with E-state index in [0.717, 1.165) is 26.4 Å². The van der Waals surface area contributed by atoms with E-state index >= 15 is 0 Å². The van der Waals surface area contributed by atoms with Crippen LogP contribution in [0.25, 0.3) is 0 Å². The molecule has 1 aromatic heterocycles. The molecule has 0 spiro atoms. The number of hydrogen-bond acceptors (Lipinski definition) is 3. The van der Waals surface area contributed by atoms with Gasteiger partial charge in [0.15, 0.2) is 0 Å². The fourth-order valence-corrected chi connectivity index (χ4v) is 3.42. The second-order valence-electron chi connectivity index (χ2n) is 5.13. The van der Waals surface area contributed by atoms with Crippen LogP contribution in [0.5, 0.6) is 5.75 Å². The highest BCUT2D eigenvalue weighted by molar-refractivity contribution is 14.1. The monoisotopic (exact) mass is 400 g/mol. The van der Waals surface area contributed by atoms with Gasteiger partial charge in [-0.2, -0.15) is 0 Å². The van der Waals surface area contributed by atoms with Crippen LogP contribution in [0.1, 0.15) is 42.8 Å². The zero-order valence-corrected chi connectivity index (χ0v) is 14.1. The smallest absolute Gasteiger partial charge is 0.146 e. The summed E-state index contributed by atoms with van der Waals surface area (Å²) in [6.45, 7) is 4.81. The van der Waals surface area contributed by atoms with Crippen molar-refractivity contribution < 1.29 is 4.74 Å². The predicted octanol–water partition coefficient (Wildman–Crippen LogP) is 4.38. The quantitative estimate of drug-likeness (QED) is 0.554. The molecular formula is C15H14ClIN2O. The molecule has 0 N–H and O–H groups in total. The lowest BCUT2D eigenvalue weighted by atomic mass is 10.00. The van der Waals surface area contributed by atoms with Crippen molar-refractivity contribution in [1.29, 1.82) is 0 Å². The number of fused-ring (bicyclic) bond motifs is 1. The number of halogens is 2. The van der Waals surface area contributed by atoms with Crippen LogP contribution in [-0.2, 0) is 0 Å². The molecule has 104 valence electrons. The second-order valence-corrected chi connectivity index (χ2v) is 6.56. The van der Waals surface area contributed by atoms with Crippen molar-refractivity contribution in [3.05, 3.63) is 50.1 Å². The molecule has 1 atom stereocenters. The first-order chi connectivity index (χ1) is 9.58. The fourth-order valence-electron chi connectivity index (χ4n) is 2.37. The third-order valence-electron chi connectivity index (χ3n) is 3.41. The van der Waals surface area contributed by atoms with Crippen LogP contribution >= 0.6 is 34.2 Å². The molecule has 5 heteroatoms. The maximum atomic E-state index is 6.27. The third kappa shape index (κ3) is 2.39. The van der Waals surface area contributed by atoms with E-state index in [-0.39, 0.29) is 5.92 Å². The summed E-state index contributed by atoms with van der Waals surface area (Å²) >= 11 is 8.48. The summed E-state index contributed by atoms with van der Waals surface area (Å²) in [5, 5.41) is 0.531. The Balaban J connectivity index is 2.08. The highest BCUT2D eigenvalue weighted by Gasteiger charge is 2.29. The van der Waals surface area contributed by atoms with Crippen molar-refractivity contribution in [1.82, 2.24) is 9.97 Å². The van der Waals surface area contributed by atoms with Crippen molar-refractivity contribution >= 4 is 34.2 Å². The number of nitrogens with zero attached hydrogens (tertiary/aromatic N) is 2. The van der Waals surface area contributed by atoms with Gasteiger partial charge in [-0.1, -0.05) is 43.6 Å². The van der Waals surface area contributed by atoms with Crippen LogP contribution in [-0.4, -0.2) is 16.6 Å². The number of hydrogen-bond donors (Lipinski definition) is 0. The molecule has 1 aliphatic heterocycles. The molecule has 20 heavy (non-hydrogen) atoms. The molecule has 1 aromatic carbocycles. The van der Waals surface area contributed by atoms with Gasteiger partial charge in [-0.25, -0.2) is 9.97 Å². The first-order valence-corrected chi connectivity index (χ1v) is 7.98. The van der Waals surface area contributed by atoms with Crippen molar-refractivity contribution in [2.24, 2.45) is 0 Å². The Bertz CT molecular complexity index is 660. The van der Waals surface area contributed by atoms with Gasteiger partial charge in [0.2, 0.25) is 0 Å². The zero-order valence-electron chi connectivity index (χ0n) is 11.2. The summed E-state index contributed by atoms with van der Waals surface area (Å²) in [5.41, 5.74) is 2.14. The summed E-state index contributed by atoms with van der Waals surface area (Å²) in [4.78, 5) is 9.19. The first kappa shape index (κ1) is 14.1. The van der Waals surface area contributed by atoms with Crippen LogP contribution in [0.4, 0.5) is 0 Å². The lowest BCUT2D eigenvalue weighted by molar-refractivity contribution is 0.339. The van der Waals surface area contributed by atoms with Crippen LogP contribution in [0, 0.1) is 3.57 Å². The molecule has 3 nitrogen and oxygen atoms in total. The van der Waals surface area contributed by atoms with Gasteiger partial charge in [0.1, 0.15) is 23.3 Å². The molecule has 1 unspecified atom stereocenters. The summed E-state index contributed by atoms with van der Waals surface area (Å²) in [6, 6.07) is 8.03. The maximum absolute atomic E-state index is 6.27. The van der Waals surface area contributed by atoms with E-state index in [2.05, 4.69) is 47.5 Å². The minimum Gasteiger partial charge on any atom is -0.492 e. The summed E-state index contributed by atoms with van der Waals surface area (Å²) in [6.07, 6.45) is 0. The van der Waals surface area contributed by atoms with E-state index in [1.807, 2.05) is 18.2 Å². The van der Waals surface area contributed by atoms with Crippen molar-refractivity contribution in [3.8, 4) is 5.75 Å². The van der Waals surface area contributed by atoms with E-state index in [1.165, 1.54) is 0 Å². The highest BCUT2D eigenvalue weighted by atomic mass is 127. The van der Waals surface area contributed by atoms with Crippen molar-refractivity contribution in [3.63, 3.8) is 0 Å². The normalized spacial score (nSPS) is 17.1. The molecule has 0 bridgehead atoms. The minimum atomic E-state index is 0.0678. The van der Waals surface area contributed by atoms with Crippen LogP contribution in [0.3, 0.4) is 0 Å². The van der Waals surface area contributed by atoms with E-state index in [0.29, 0.717) is 17.7 Å². The van der Waals surface area contributed by atoms with Crippen molar-refractivity contribution in [2.75, 3.05) is 6.61 Å². The fraction of sp³-hybridized carbons (Fsp3) is 0.333. The molecular weight excluding hydrogens is 387 g/mol. The Morgan fingerprint density at radius 2 is 2.05 bits per heavy atom. The van der Waals surface area contributed by atoms with E-state index in [1.54, 1.807) is 0 Å². The molecule has 1 aliphatic rings. The molecule has 0 fully saturated rings. The molecule has 2 heterocycles. The van der Waals surface area contributed by atoms with Gasteiger partial charge in [-0.15, -0.1) is 0 Å². The van der Waals surface area contributed by atoms with Crippen LogP contribution in [0.15, 0.2) is 24.3 Å². The zero-order chi connectivity index (χ0) is 14.3. The van der Waals surface area contributed by atoms with Crippen LogP contribution < -0.4 is 4.74 Å². The van der Waals surface area contributed by atoms with E-state index in [9.17, 15) is 0 Å². The van der Waals surface area contributed by atoms with Crippen LogP contribution in [0.2, 0.25) is 5.15 Å². The first-order valence-electron chi connectivity index (χ1n) is 6.52. The van der Waals surface area contributed by atoms with Gasteiger partial charge >= 0.3 is 0 Å². The summed E-state index contributed by atoms with van der Waals surface area (Å²) in [7, 11) is 0. The lowest BCUT2D eigenvalue weighted by Gasteiger charge is -2.14. The van der Waals surface area contributed by atoms with E-state index < -0.39 is 0 Å². The second kappa shape index (κ2) is 5.48. The number of aromatic nitrogens is 2. The molecule has 0 radical (unpaired) electrons. The minimum absolute atomic E-state index is 0.0678. The highest BCUT2D eigenvalue weighted by Crippen LogP contribution is 2.37. The Hall–Kier alpha value is -0.880. The van der Waals surface area contributed by atoms with Gasteiger partial charge in [0, 0.05) is 5.56 Å². The maximum Gasteiger partial charge on any atom is 0.146 e. The molecule has 2 aromatic rings. The van der Waals surface area contributed by atoms with Gasteiger partial charge < -0.3 is 4.74 Å². The number of benzene rings is 1. The van der Waals surface area contributed by atoms with Gasteiger partial charge in [0.25, 0.3) is 0 Å². The largest absolute Gasteiger partial charge is 0.492 e.